The molecule has 0 unspecified atom stereocenters. The molecule has 2 rings (SSSR count). The molecule has 0 heterocycles. The van der Waals surface area contributed by atoms with E-state index in [-0.39, 0.29) is 16.7 Å². The highest BCUT2D eigenvalue weighted by molar-refractivity contribution is 8.00. The summed E-state index contributed by atoms with van der Waals surface area (Å²) in [5.41, 5.74) is 0.938. The van der Waals surface area contributed by atoms with Gasteiger partial charge in [-0.25, -0.2) is 0 Å². The van der Waals surface area contributed by atoms with Crippen LogP contribution in [0.3, 0.4) is 0 Å². The number of halogens is 1. The van der Waals surface area contributed by atoms with Gasteiger partial charge in [0.25, 0.3) is 0 Å². The van der Waals surface area contributed by atoms with E-state index in [4.69, 9.17) is 11.6 Å². The topological polar surface area (TPSA) is 29.1 Å². The Kier molecular flexibility index (Phi) is 6.76. The van der Waals surface area contributed by atoms with E-state index in [9.17, 15) is 4.79 Å². The number of benzene rings is 2. The summed E-state index contributed by atoms with van der Waals surface area (Å²) in [5, 5.41) is 3.80. The quantitative estimate of drug-likeness (QED) is 0.673. The highest BCUT2D eigenvalue weighted by Gasteiger charge is 2.26. The van der Waals surface area contributed by atoms with Crippen molar-refractivity contribution in [3.8, 4) is 0 Å². The fraction of sp³-hybridized carbons (Fsp3) is 0.350. The van der Waals surface area contributed by atoms with Crippen LogP contribution in [0, 0.1) is 0 Å². The van der Waals surface area contributed by atoms with Crippen LogP contribution in [0.4, 0.5) is 0 Å². The van der Waals surface area contributed by atoms with E-state index < -0.39 is 0 Å². The van der Waals surface area contributed by atoms with E-state index in [0.717, 1.165) is 17.7 Å². The van der Waals surface area contributed by atoms with Gasteiger partial charge >= 0.3 is 0 Å². The van der Waals surface area contributed by atoms with E-state index in [1.807, 2.05) is 49.4 Å². The monoisotopic (exact) mass is 361 g/mol. The minimum atomic E-state index is -0.285. The predicted octanol–water partition coefficient (Wildman–Crippen LogP) is 5.35. The lowest BCUT2D eigenvalue weighted by Crippen LogP contribution is -2.48. The lowest BCUT2D eigenvalue weighted by molar-refractivity contribution is -0.122. The zero-order valence-electron chi connectivity index (χ0n) is 14.4. The Hall–Kier alpha value is -1.45. The molecule has 0 bridgehead atoms. The summed E-state index contributed by atoms with van der Waals surface area (Å²) in [7, 11) is 0. The van der Waals surface area contributed by atoms with Gasteiger partial charge in [-0.2, -0.15) is 0 Å². The Bertz CT molecular complexity index is 655. The third-order valence-corrected chi connectivity index (χ3v) is 5.33. The summed E-state index contributed by atoms with van der Waals surface area (Å²) in [6.45, 7) is 6.17. The predicted molar refractivity (Wildman–Crippen MR) is 104 cm³/mol. The molecule has 0 aromatic heterocycles. The first-order valence-electron chi connectivity index (χ1n) is 8.18. The Labute approximate surface area is 154 Å². The molecule has 128 valence electrons. The molecule has 24 heavy (non-hydrogen) atoms. The molecule has 0 saturated heterocycles. The maximum atomic E-state index is 12.7. The lowest BCUT2D eigenvalue weighted by atomic mass is 9.94. The number of hydrogen-bond acceptors (Lipinski definition) is 2. The summed E-state index contributed by atoms with van der Waals surface area (Å²) in [4.78, 5) is 13.8. The molecule has 1 N–H and O–H groups in total. The van der Waals surface area contributed by atoms with Gasteiger partial charge in [-0.1, -0.05) is 48.9 Å². The van der Waals surface area contributed by atoms with Gasteiger partial charge in [0.2, 0.25) is 5.91 Å². The fourth-order valence-corrected chi connectivity index (χ4v) is 3.64. The lowest BCUT2D eigenvalue weighted by Gasteiger charge is -2.28. The number of nitrogens with one attached hydrogen (secondary N) is 1. The second-order valence-electron chi connectivity index (χ2n) is 6.50. The van der Waals surface area contributed by atoms with Gasteiger partial charge in [0.05, 0.1) is 5.25 Å². The van der Waals surface area contributed by atoms with Crippen molar-refractivity contribution in [1.82, 2.24) is 5.32 Å². The minimum absolute atomic E-state index is 0.0818. The van der Waals surface area contributed by atoms with E-state index >= 15 is 0 Å². The van der Waals surface area contributed by atoms with Gasteiger partial charge < -0.3 is 5.32 Å². The highest BCUT2D eigenvalue weighted by atomic mass is 35.5. The van der Waals surface area contributed by atoms with Crippen LogP contribution in [0.1, 0.15) is 32.8 Å². The Morgan fingerprint density at radius 2 is 1.75 bits per heavy atom. The molecule has 2 aromatic rings. The molecule has 0 radical (unpaired) electrons. The van der Waals surface area contributed by atoms with Crippen LogP contribution in [-0.2, 0) is 11.2 Å². The van der Waals surface area contributed by atoms with Gasteiger partial charge in [-0.05, 0) is 56.5 Å². The summed E-state index contributed by atoms with van der Waals surface area (Å²) in [6, 6.07) is 17.9. The maximum Gasteiger partial charge on any atom is 0.233 e. The second kappa shape index (κ2) is 8.59. The molecule has 0 saturated carbocycles. The molecule has 0 fully saturated rings. The van der Waals surface area contributed by atoms with E-state index in [1.54, 1.807) is 11.8 Å². The molecule has 1 atom stereocenters. The van der Waals surface area contributed by atoms with Crippen LogP contribution in [0.15, 0.2) is 59.5 Å². The summed E-state index contributed by atoms with van der Waals surface area (Å²) >= 11 is 7.50. The molecule has 1 amide bonds. The van der Waals surface area contributed by atoms with E-state index in [1.165, 1.54) is 5.56 Å². The van der Waals surface area contributed by atoms with Crippen LogP contribution in [0.5, 0.6) is 0 Å². The van der Waals surface area contributed by atoms with Gasteiger partial charge in [0.15, 0.2) is 0 Å². The Morgan fingerprint density at radius 3 is 2.33 bits per heavy atom. The minimum Gasteiger partial charge on any atom is -0.350 e. The normalized spacial score (nSPS) is 12.7. The number of thioether (sulfide) groups is 1. The van der Waals surface area contributed by atoms with Crippen LogP contribution in [-0.4, -0.2) is 16.7 Å². The van der Waals surface area contributed by atoms with Crippen molar-refractivity contribution < 1.29 is 4.79 Å². The third-order valence-electron chi connectivity index (χ3n) is 3.71. The van der Waals surface area contributed by atoms with Crippen LogP contribution >= 0.6 is 23.4 Å². The molecule has 2 aromatic carbocycles. The first-order valence-corrected chi connectivity index (χ1v) is 9.43. The third kappa shape index (κ3) is 5.88. The number of hydrogen-bond donors (Lipinski definition) is 1. The van der Waals surface area contributed by atoms with Crippen molar-refractivity contribution in [3.63, 3.8) is 0 Å². The Morgan fingerprint density at radius 1 is 1.12 bits per heavy atom. The fourth-order valence-electron chi connectivity index (χ4n) is 2.56. The molecule has 0 spiro atoms. The van der Waals surface area contributed by atoms with Gasteiger partial charge in [-0.3, -0.25) is 4.79 Å². The van der Waals surface area contributed by atoms with Gasteiger partial charge in [0.1, 0.15) is 0 Å². The Balaban J connectivity index is 1.98. The number of rotatable bonds is 7. The summed E-state index contributed by atoms with van der Waals surface area (Å²) in [6.07, 6.45) is 1.59. The van der Waals surface area contributed by atoms with Crippen molar-refractivity contribution in [2.75, 3.05) is 0 Å². The summed E-state index contributed by atoms with van der Waals surface area (Å²) < 4.78 is 0. The van der Waals surface area contributed by atoms with Crippen molar-refractivity contribution in [2.45, 2.75) is 49.3 Å². The largest absolute Gasteiger partial charge is 0.350 e. The highest BCUT2D eigenvalue weighted by Crippen LogP contribution is 2.27. The van der Waals surface area contributed by atoms with E-state index in [0.29, 0.717) is 5.02 Å². The molecule has 4 heteroatoms. The maximum absolute atomic E-state index is 12.7. The molecular formula is C20H24ClNOS. The zero-order chi connectivity index (χ0) is 17.6. The first-order chi connectivity index (χ1) is 11.4. The molecule has 0 aliphatic heterocycles. The average Bonchev–Trinajstić information content (AvgIpc) is 2.54. The van der Waals surface area contributed by atoms with Gasteiger partial charge in [0, 0.05) is 15.5 Å². The molecular weight excluding hydrogens is 338 g/mol. The molecule has 2 nitrogen and oxygen atoms in total. The number of amides is 1. The van der Waals surface area contributed by atoms with Crippen molar-refractivity contribution >= 4 is 29.3 Å². The number of carbonyl (C=O) groups is 1. The van der Waals surface area contributed by atoms with Crippen molar-refractivity contribution in [2.24, 2.45) is 0 Å². The molecule has 0 aliphatic rings. The van der Waals surface area contributed by atoms with Crippen LogP contribution in [0.25, 0.3) is 0 Å². The summed E-state index contributed by atoms with van der Waals surface area (Å²) in [5.74, 6) is 0.0818. The standard InChI is InChI=1S/C20H24ClNOS/c1-4-18(24-17-12-10-16(21)11-13-17)19(23)22-20(2,3)14-15-8-6-5-7-9-15/h5-13,18H,4,14H2,1-3H3,(H,22,23)/t18-/m1/s1. The smallest absolute Gasteiger partial charge is 0.233 e. The van der Waals surface area contributed by atoms with Gasteiger partial charge in [-0.15, -0.1) is 11.8 Å². The van der Waals surface area contributed by atoms with Crippen molar-refractivity contribution in [1.29, 1.82) is 0 Å². The zero-order valence-corrected chi connectivity index (χ0v) is 16.0. The second-order valence-corrected chi connectivity index (χ2v) is 8.22. The molecule has 0 aliphatic carbocycles. The SMILES string of the molecule is CC[C@@H](Sc1ccc(Cl)cc1)C(=O)NC(C)(C)Cc1ccccc1. The first kappa shape index (κ1) is 18.9. The number of carbonyl (C=O) groups excluding carboxylic acids is 1. The average molecular weight is 362 g/mol. The van der Waals surface area contributed by atoms with Crippen molar-refractivity contribution in [3.05, 3.63) is 65.2 Å². The van der Waals surface area contributed by atoms with Crippen LogP contribution in [0.2, 0.25) is 5.02 Å². The van der Waals surface area contributed by atoms with Crippen LogP contribution < -0.4 is 5.32 Å². The van der Waals surface area contributed by atoms with E-state index in [2.05, 4.69) is 31.3 Å².